The lowest BCUT2D eigenvalue weighted by Crippen LogP contribution is -2.45. The van der Waals surface area contributed by atoms with Crippen molar-refractivity contribution in [2.24, 2.45) is 0 Å². The molecule has 1 aromatic carbocycles. The molecule has 1 aliphatic rings. The molecule has 1 fully saturated rings. The van der Waals surface area contributed by atoms with Gasteiger partial charge >= 0.3 is 5.97 Å². The van der Waals surface area contributed by atoms with E-state index in [1.165, 1.54) is 0 Å². The number of ether oxygens (including phenoxy) is 1. The van der Waals surface area contributed by atoms with Crippen LogP contribution in [0.4, 0.5) is 0 Å². The summed E-state index contributed by atoms with van der Waals surface area (Å²) >= 11 is 12.2. The second-order valence-electron chi connectivity index (χ2n) is 5.37. The third-order valence-electron chi connectivity index (χ3n) is 3.90. The van der Waals surface area contributed by atoms with Gasteiger partial charge in [-0.2, -0.15) is 0 Å². The largest absolute Gasteiger partial charge is 0.464 e. The minimum absolute atomic E-state index is 0.00293. The Labute approximate surface area is 140 Å². The van der Waals surface area contributed by atoms with Gasteiger partial charge in [-0.15, -0.1) is 0 Å². The lowest BCUT2D eigenvalue weighted by atomic mass is 10.1. The van der Waals surface area contributed by atoms with Gasteiger partial charge in [-0.3, -0.25) is 4.79 Å². The van der Waals surface area contributed by atoms with Crippen LogP contribution in [0, 0.1) is 0 Å². The van der Waals surface area contributed by atoms with Crippen molar-refractivity contribution < 1.29 is 14.3 Å². The fourth-order valence-corrected chi connectivity index (χ4v) is 3.35. The summed E-state index contributed by atoms with van der Waals surface area (Å²) < 4.78 is 5.07. The number of halogens is 2. The van der Waals surface area contributed by atoms with Crippen LogP contribution >= 0.6 is 23.2 Å². The fraction of sp³-hybridized carbons (Fsp3) is 0.500. The van der Waals surface area contributed by atoms with Gasteiger partial charge in [0.2, 0.25) is 5.91 Å². The number of likely N-dealkylation sites (tertiary alicyclic amines) is 1. The number of amides is 1. The summed E-state index contributed by atoms with van der Waals surface area (Å²) in [5.74, 6) is -0.497. The first-order valence-electron chi connectivity index (χ1n) is 7.36. The Morgan fingerprint density at radius 2 is 1.91 bits per heavy atom. The van der Waals surface area contributed by atoms with Crippen LogP contribution in [0.5, 0.6) is 0 Å². The Bertz CT molecular complexity index is 556. The van der Waals surface area contributed by atoms with E-state index in [0.29, 0.717) is 28.6 Å². The Morgan fingerprint density at radius 3 is 2.50 bits per heavy atom. The van der Waals surface area contributed by atoms with Gasteiger partial charge in [0, 0.05) is 16.1 Å². The highest BCUT2D eigenvalue weighted by Gasteiger charge is 2.39. The van der Waals surface area contributed by atoms with Gasteiger partial charge in [0.25, 0.3) is 0 Å². The average molecular weight is 344 g/mol. The van der Waals surface area contributed by atoms with Crippen LogP contribution in [-0.2, 0) is 20.7 Å². The Balaban J connectivity index is 2.18. The molecule has 4 nitrogen and oxygen atoms in total. The van der Waals surface area contributed by atoms with Gasteiger partial charge in [0.05, 0.1) is 13.0 Å². The molecular weight excluding hydrogens is 325 g/mol. The first kappa shape index (κ1) is 17.1. The maximum Gasteiger partial charge on any atom is 0.328 e. The maximum atomic E-state index is 12.6. The highest BCUT2D eigenvalue weighted by Crippen LogP contribution is 2.29. The molecule has 0 bridgehead atoms. The number of hydrogen-bond acceptors (Lipinski definition) is 3. The van der Waals surface area contributed by atoms with Gasteiger partial charge in [-0.25, -0.2) is 4.79 Å². The van der Waals surface area contributed by atoms with Crippen LogP contribution in [0.25, 0.3) is 0 Å². The Hall–Kier alpha value is -1.26. The molecule has 1 aromatic rings. The van der Waals surface area contributed by atoms with Crippen molar-refractivity contribution in [3.63, 3.8) is 0 Å². The summed E-state index contributed by atoms with van der Waals surface area (Å²) in [5, 5.41) is 0.917. The van der Waals surface area contributed by atoms with Crippen molar-refractivity contribution in [2.45, 2.75) is 45.2 Å². The van der Waals surface area contributed by atoms with Crippen LogP contribution in [-0.4, -0.2) is 35.5 Å². The number of hydrogen-bond donors (Lipinski definition) is 0. The molecule has 1 aliphatic heterocycles. The highest BCUT2D eigenvalue weighted by molar-refractivity contribution is 6.36. The van der Waals surface area contributed by atoms with E-state index in [-0.39, 0.29) is 24.3 Å². The van der Waals surface area contributed by atoms with Crippen LogP contribution in [0.1, 0.15) is 32.3 Å². The summed E-state index contributed by atoms with van der Waals surface area (Å²) in [6, 6.07) is 4.63. The van der Waals surface area contributed by atoms with Crippen LogP contribution < -0.4 is 0 Å². The highest BCUT2D eigenvalue weighted by atomic mass is 35.5. The zero-order valence-corrected chi connectivity index (χ0v) is 14.2. The molecule has 1 heterocycles. The van der Waals surface area contributed by atoms with E-state index < -0.39 is 6.04 Å². The summed E-state index contributed by atoms with van der Waals surface area (Å²) in [5.41, 5.74) is 0.595. The molecule has 0 radical (unpaired) electrons. The SMILES string of the molecule is CCOC(=O)C1CCC(C)N1C(=O)Cc1c(Cl)cccc1Cl. The number of rotatable bonds is 4. The van der Waals surface area contributed by atoms with E-state index in [4.69, 9.17) is 27.9 Å². The molecule has 22 heavy (non-hydrogen) atoms. The summed E-state index contributed by atoms with van der Waals surface area (Å²) in [7, 11) is 0. The van der Waals surface area contributed by atoms with E-state index in [0.717, 1.165) is 6.42 Å². The molecule has 0 saturated carbocycles. The zero-order valence-electron chi connectivity index (χ0n) is 12.6. The smallest absolute Gasteiger partial charge is 0.328 e. The summed E-state index contributed by atoms with van der Waals surface area (Å²) in [6.07, 6.45) is 1.49. The van der Waals surface area contributed by atoms with Gasteiger partial charge in [-0.05, 0) is 44.4 Å². The van der Waals surface area contributed by atoms with Crippen molar-refractivity contribution in [1.29, 1.82) is 0 Å². The number of carbonyl (C=O) groups excluding carboxylic acids is 2. The average Bonchev–Trinajstić information content (AvgIpc) is 2.85. The Morgan fingerprint density at radius 1 is 1.27 bits per heavy atom. The molecule has 1 amide bonds. The molecule has 0 N–H and O–H groups in total. The van der Waals surface area contributed by atoms with E-state index >= 15 is 0 Å². The molecule has 2 rings (SSSR count). The van der Waals surface area contributed by atoms with E-state index in [1.807, 2.05) is 6.92 Å². The molecule has 0 aromatic heterocycles. The van der Waals surface area contributed by atoms with E-state index in [9.17, 15) is 9.59 Å². The Kier molecular flexibility index (Phi) is 5.70. The van der Waals surface area contributed by atoms with Gasteiger partial charge in [0.15, 0.2) is 0 Å². The second kappa shape index (κ2) is 7.34. The molecular formula is C16H19Cl2NO3. The first-order chi connectivity index (χ1) is 10.5. The topological polar surface area (TPSA) is 46.6 Å². The number of esters is 1. The predicted octanol–water partition coefficient (Wildman–Crippen LogP) is 3.48. The summed E-state index contributed by atoms with van der Waals surface area (Å²) in [6.45, 7) is 4.00. The van der Waals surface area contributed by atoms with Crippen molar-refractivity contribution in [3.8, 4) is 0 Å². The van der Waals surface area contributed by atoms with Gasteiger partial charge < -0.3 is 9.64 Å². The van der Waals surface area contributed by atoms with E-state index in [1.54, 1.807) is 30.0 Å². The third kappa shape index (κ3) is 3.55. The molecule has 0 spiro atoms. The quantitative estimate of drug-likeness (QED) is 0.786. The van der Waals surface area contributed by atoms with Crippen molar-refractivity contribution >= 4 is 35.1 Å². The van der Waals surface area contributed by atoms with Gasteiger partial charge in [0.1, 0.15) is 6.04 Å². The number of benzene rings is 1. The monoisotopic (exact) mass is 343 g/mol. The molecule has 2 unspecified atom stereocenters. The zero-order chi connectivity index (χ0) is 16.3. The number of nitrogens with zero attached hydrogens (tertiary/aromatic N) is 1. The molecule has 120 valence electrons. The van der Waals surface area contributed by atoms with E-state index in [2.05, 4.69) is 0 Å². The van der Waals surface area contributed by atoms with Crippen LogP contribution in [0.2, 0.25) is 10.0 Å². The standard InChI is InChI=1S/C16H19Cl2NO3/c1-3-22-16(21)14-8-7-10(2)19(14)15(20)9-11-12(17)5-4-6-13(11)18/h4-6,10,14H,3,7-9H2,1-2H3. The predicted molar refractivity (Wildman–Crippen MR) is 86.1 cm³/mol. The minimum Gasteiger partial charge on any atom is -0.464 e. The molecule has 6 heteroatoms. The third-order valence-corrected chi connectivity index (χ3v) is 4.61. The van der Waals surface area contributed by atoms with Gasteiger partial charge in [-0.1, -0.05) is 29.3 Å². The second-order valence-corrected chi connectivity index (χ2v) is 6.19. The lowest BCUT2D eigenvalue weighted by Gasteiger charge is -2.27. The van der Waals surface area contributed by atoms with Crippen molar-refractivity contribution in [1.82, 2.24) is 4.90 Å². The normalized spacial score (nSPS) is 21.0. The van der Waals surface area contributed by atoms with Crippen LogP contribution in [0.15, 0.2) is 18.2 Å². The molecule has 1 saturated heterocycles. The summed E-state index contributed by atoms with van der Waals surface area (Å²) in [4.78, 5) is 26.3. The van der Waals surface area contributed by atoms with Crippen molar-refractivity contribution in [3.05, 3.63) is 33.8 Å². The number of carbonyl (C=O) groups is 2. The minimum atomic E-state index is -0.510. The fourth-order valence-electron chi connectivity index (χ4n) is 2.82. The maximum absolute atomic E-state index is 12.6. The lowest BCUT2D eigenvalue weighted by molar-refractivity contribution is -0.153. The molecule has 2 atom stereocenters. The molecule has 0 aliphatic carbocycles. The van der Waals surface area contributed by atoms with Crippen LogP contribution in [0.3, 0.4) is 0 Å². The first-order valence-corrected chi connectivity index (χ1v) is 8.12. The van der Waals surface area contributed by atoms with Crippen molar-refractivity contribution in [2.75, 3.05) is 6.61 Å².